The van der Waals surface area contributed by atoms with Crippen molar-refractivity contribution < 1.29 is 14.3 Å². The molecule has 0 spiro atoms. The number of benzene rings is 1. The number of nitrogens with zero attached hydrogens (tertiary/aromatic N) is 1. The number of nitrogen functional groups attached to an aromatic ring is 1. The highest BCUT2D eigenvalue weighted by molar-refractivity contribution is 6.02. The summed E-state index contributed by atoms with van der Waals surface area (Å²) in [5.74, 6) is -0.388. The zero-order valence-corrected chi connectivity index (χ0v) is 11.5. The topological polar surface area (TPSA) is 98.7 Å². The van der Waals surface area contributed by atoms with Crippen molar-refractivity contribution in [1.82, 2.24) is 4.90 Å². The maximum Gasteiger partial charge on any atom is 0.259 e. The van der Waals surface area contributed by atoms with Crippen LogP contribution in [0.2, 0.25) is 0 Å². The van der Waals surface area contributed by atoms with Crippen molar-refractivity contribution in [3.05, 3.63) is 23.8 Å². The van der Waals surface area contributed by atoms with E-state index in [1.165, 1.54) is 0 Å². The van der Waals surface area contributed by atoms with E-state index in [1.807, 2.05) is 6.92 Å². The van der Waals surface area contributed by atoms with Crippen molar-refractivity contribution >= 4 is 17.5 Å². The van der Waals surface area contributed by atoms with E-state index in [-0.39, 0.29) is 17.7 Å². The van der Waals surface area contributed by atoms with E-state index < -0.39 is 0 Å². The minimum atomic E-state index is -0.369. The highest BCUT2D eigenvalue weighted by Crippen LogP contribution is 2.28. The number of likely N-dealkylation sites (tertiary alicyclic amines) is 1. The molecule has 2 amide bonds. The molecule has 1 aromatic rings. The molecule has 1 aromatic carbocycles. The van der Waals surface area contributed by atoms with E-state index in [2.05, 4.69) is 0 Å². The smallest absolute Gasteiger partial charge is 0.259 e. The molecule has 1 fully saturated rings. The van der Waals surface area contributed by atoms with Gasteiger partial charge in [-0.05, 0) is 25.5 Å². The Balaban J connectivity index is 2.23. The van der Waals surface area contributed by atoms with Gasteiger partial charge >= 0.3 is 0 Å². The van der Waals surface area contributed by atoms with E-state index in [9.17, 15) is 9.59 Å². The van der Waals surface area contributed by atoms with Gasteiger partial charge in [0.2, 0.25) is 5.91 Å². The lowest BCUT2D eigenvalue weighted by molar-refractivity contribution is -0.121. The highest BCUT2D eigenvalue weighted by atomic mass is 16.5. The Kier molecular flexibility index (Phi) is 4.12. The van der Waals surface area contributed by atoms with Crippen LogP contribution in [0.5, 0.6) is 5.75 Å². The van der Waals surface area contributed by atoms with Gasteiger partial charge in [0.15, 0.2) is 0 Å². The van der Waals surface area contributed by atoms with Gasteiger partial charge in [-0.2, -0.15) is 0 Å². The predicted octanol–water partition coefficient (Wildman–Crippen LogP) is 0.615. The molecule has 20 heavy (non-hydrogen) atoms. The monoisotopic (exact) mass is 277 g/mol. The van der Waals surface area contributed by atoms with Gasteiger partial charge in [-0.25, -0.2) is 0 Å². The van der Waals surface area contributed by atoms with Crippen LogP contribution in [0.3, 0.4) is 0 Å². The first-order valence-corrected chi connectivity index (χ1v) is 6.64. The fraction of sp³-hybridized carbons (Fsp3) is 0.429. The van der Waals surface area contributed by atoms with Gasteiger partial charge < -0.3 is 21.1 Å². The Morgan fingerprint density at radius 3 is 2.80 bits per heavy atom. The lowest BCUT2D eigenvalue weighted by atomic mass is 10.1. The standard InChI is InChI=1S/C14H19N3O3/c1-2-20-11-5-3-4-10(15)12(11)14(19)17-7-6-9(8-17)13(16)18/h3-5,9H,2,6-8,15H2,1H3,(H2,16,18). The molecule has 0 bridgehead atoms. The van der Waals surface area contributed by atoms with Crippen molar-refractivity contribution in [3.8, 4) is 5.75 Å². The van der Waals surface area contributed by atoms with Crippen LogP contribution in [0.1, 0.15) is 23.7 Å². The first-order valence-electron chi connectivity index (χ1n) is 6.64. The Morgan fingerprint density at radius 1 is 1.45 bits per heavy atom. The quantitative estimate of drug-likeness (QED) is 0.788. The number of hydrogen-bond acceptors (Lipinski definition) is 4. The fourth-order valence-electron chi connectivity index (χ4n) is 2.39. The lowest BCUT2D eigenvalue weighted by Gasteiger charge is -2.19. The number of primary amides is 1. The molecule has 0 aromatic heterocycles. The zero-order chi connectivity index (χ0) is 14.7. The summed E-state index contributed by atoms with van der Waals surface area (Å²) in [7, 11) is 0. The van der Waals surface area contributed by atoms with Crippen molar-refractivity contribution in [2.45, 2.75) is 13.3 Å². The molecule has 0 aliphatic carbocycles. The van der Waals surface area contributed by atoms with Gasteiger partial charge in [-0.3, -0.25) is 9.59 Å². The van der Waals surface area contributed by atoms with Crippen LogP contribution in [0.25, 0.3) is 0 Å². The highest BCUT2D eigenvalue weighted by Gasteiger charge is 2.32. The summed E-state index contributed by atoms with van der Waals surface area (Å²) in [6, 6.07) is 5.12. The predicted molar refractivity (Wildman–Crippen MR) is 75.2 cm³/mol. The molecule has 6 heteroatoms. The molecule has 1 aliphatic heterocycles. The van der Waals surface area contributed by atoms with Gasteiger partial charge in [-0.1, -0.05) is 6.07 Å². The molecule has 6 nitrogen and oxygen atoms in total. The third-order valence-electron chi connectivity index (χ3n) is 3.45. The molecule has 1 unspecified atom stereocenters. The van der Waals surface area contributed by atoms with Crippen LogP contribution in [-0.4, -0.2) is 36.4 Å². The number of anilines is 1. The molecule has 108 valence electrons. The maximum atomic E-state index is 12.5. The van der Waals surface area contributed by atoms with Crippen LogP contribution in [-0.2, 0) is 4.79 Å². The van der Waals surface area contributed by atoms with Crippen LogP contribution in [0.15, 0.2) is 18.2 Å². The number of ether oxygens (including phenoxy) is 1. The molecule has 2 rings (SSSR count). The molecule has 1 heterocycles. The molecular weight excluding hydrogens is 258 g/mol. The van der Waals surface area contributed by atoms with Crippen LogP contribution >= 0.6 is 0 Å². The summed E-state index contributed by atoms with van der Waals surface area (Å²) >= 11 is 0. The molecule has 0 saturated carbocycles. The summed E-state index contributed by atoms with van der Waals surface area (Å²) in [5, 5.41) is 0. The van der Waals surface area contributed by atoms with Crippen LogP contribution in [0.4, 0.5) is 5.69 Å². The minimum Gasteiger partial charge on any atom is -0.493 e. The van der Waals surface area contributed by atoms with Crippen molar-refractivity contribution in [2.75, 3.05) is 25.4 Å². The summed E-state index contributed by atoms with van der Waals surface area (Å²) < 4.78 is 5.45. The van der Waals surface area contributed by atoms with Crippen LogP contribution in [0, 0.1) is 5.92 Å². The van der Waals surface area contributed by atoms with Crippen molar-refractivity contribution in [3.63, 3.8) is 0 Å². The summed E-state index contributed by atoms with van der Waals surface area (Å²) in [4.78, 5) is 25.3. The fourth-order valence-corrected chi connectivity index (χ4v) is 2.39. The number of rotatable bonds is 4. The Bertz CT molecular complexity index is 530. The third kappa shape index (κ3) is 2.68. The van der Waals surface area contributed by atoms with E-state index in [0.717, 1.165) is 0 Å². The van der Waals surface area contributed by atoms with E-state index in [4.69, 9.17) is 16.2 Å². The van der Waals surface area contributed by atoms with E-state index in [1.54, 1.807) is 23.1 Å². The third-order valence-corrected chi connectivity index (χ3v) is 3.45. The van der Waals surface area contributed by atoms with Gasteiger partial charge in [0.05, 0.1) is 12.5 Å². The van der Waals surface area contributed by atoms with E-state index in [0.29, 0.717) is 43.1 Å². The minimum absolute atomic E-state index is 0.213. The Labute approximate surface area is 117 Å². The Hall–Kier alpha value is -2.24. The summed E-state index contributed by atoms with van der Waals surface area (Å²) in [5.41, 5.74) is 11.9. The molecule has 1 atom stereocenters. The van der Waals surface area contributed by atoms with Crippen molar-refractivity contribution in [2.24, 2.45) is 11.7 Å². The number of hydrogen-bond donors (Lipinski definition) is 2. The van der Waals surface area contributed by atoms with Gasteiger partial charge in [-0.15, -0.1) is 0 Å². The van der Waals surface area contributed by atoms with E-state index >= 15 is 0 Å². The van der Waals surface area contributed by atoms with Crippen molar-refractivity contribution in [1.29, 1.82) is 0 Å². The number of amides is 2. The second kappa shape index (κ2) is 5.81. The lowest BCUT2D eigenvalue weighted by Crippen LogP contribution is -2.32. The molecule has 1 saturated heterocycles. The number of carbonyl (C=O) groups excluding carboxylic acids is 2. The first kappa shape index (κ1) is 14.2. The second-order valence-corrected chi connectivity index (χ2v) is 4.79. The summed E-state index contributed by atoms with van der Waals surface area (Å²) in [6.45, 7) is 3.14. The van der Waals surface area contributed by atoms with Gasteiger partial charge in [0.25, 0.3) is 5.91 Å². The average Bonchev–Trinajstić information content (AvgIpc) is 2.88. The number of nitrogens with two attached hydrogens (primary N) is 2. The molecule has 1 aliphatic rings. The second-order valence-electron chi connectivity index (χ2n) is 4.79. The average molecular weight is 277 g/mol. The maximum absolute atomic E-state index is 12.5. The Morgan fingerprint density at radius 2 is 2.20 bits per heavy atom. The summed E-state index contributed by atoms with van der Waals surface area (Å²) in [6.07, 6.45) is 0.595. The number of carbonyl (C=O) groups is 2. The largest absolute Gasteiger partial charge is 0.493 e. The molecule has 0 radical (unpaired) electrons. The first-order chi connectivity index (χ1) is 9.54. The van der Waals surface area contributed by atoms with Crippen LogP contribution < -0.4 is 16.2 Å². The zero-order valence-electron chi connectivity index (χ0n) is 11.5. The normalized spacial score (nSPS) is 18.1. The van der Waals surface area contributed by atoms with Gasteiger partial charge in [0.1, 0.15) is 11.3 Å². The molecule has 4 N–H and O–H groups in total. The molecular formula is C14H19N3O3. The SMILES string of the molecule is CCOc1cccc(N)c1C(=O)N1CCC(C(N)=O)C1. The van der Waals surface area contributed by atoms with Gasteiger partial charge in [0, 0.05) is 18.8 Å².